The van der Waals surface area contributed by atoms with Crippen molar-refractivity contribution in [3.63, 3.8) is 0 Å². The van der Waals surface area contributed by atoms with Gasteiger partial charge in [-0.1, -0.05) is 41.9 Å². The number of hydrazine groups is 1. The van der Waals surface area contributed by atoms with E-state index in [0.29, 0.717) is 16.5 Å². The fraction of sp³-hybridized carbons (Fsp3) is 0.150. The van der Waals surface area contributed by atoms with Crippen molar-refractivity contribution >= 4 is 34.8 Å². The zero-order chi connectivity index (χ0) is 19.9. The Morgan fingerprint density at radius 2 is 1.93 bits per heavy atom. The molecule has 0 bridgehead atoms. The first-order valence-corrected chi connectivity index (χ1v) is 9.71. The lowest BCUT2D eigenvalue weighted by Crippen LogP contribution is -2.42. The number of hydrogen-bond donors (Lipinski definition) is 2. The molecule has 2 N–H and O–H groups in total. The third-order valence-corrected chi connectivity index (χ3v) is 5.00. The molecule has 1 heterocycles. The molecule has 6 nitrogen and oxygen atoms in total. The zero-order valence-electron chi connectivity index (χ0n) is 15.1. The van der Waals surface area contributed by atoms with Gasteiger partial charge in [-0.15, -0.1) is 11.3 Å². The summed E-state index contributed by atoms with van der Waals surface area (Å²) in [5.74, 6) is -0.535. The predicted molar refractivity (Wildman–Crippen MR) is 109 cm³/mol. The monoisotopic (exact) mass is 415 g/mol. The number of amides is 2. The predicted octanol–water partition coefficient (Wildman–Crippen LogP) is 3.40. The number of benzene rings is 2. The molecule has 0 fully saturated rings. The molecule has 2 amide bonds. The average molecular weight is 416 g/mol. The van der Waals surface area contributed by atoms with Gasteiger partial charge in [0.15, 0.2) is 0 Å². The molecule has 0 aliphatic rings. The van der Waals surface area contributed by atoms with Crippen LogP contribution in [0.25, 0.3) is 0 Å². The molecule has 2 aromatic carbocycles. The summed E-state index contributed by atoms with van der Waals surface area (Å²) in [5.41, 5.74) is 6.86. The first kappa shape index (κ1) is 19.9. The fourth-order valence-corrected chi connectivity index (χ4v) is 3.53. The quantitative estimate of drug-likeness (QED) is 0.604. The van der Waals surface area contributed by atoms with Crippen molar-refractivity contribution in [1.82, 2.24) is 15.8 Å². The maximum absolute atomic E-state index is 12.2. The third-order valence-electron chi connectivity index (χ3n) is 3.86. The van der Waals surface area contributed by atoms with Crippen LogP contribution in [0.2, 0.25) is 5.02 Å². The normalized spacial score (nSPS) is 10.4. The smallest absolute Gasteiger partial charge is 0.273 e. The van der Waals surface area contributed by atoms with Crippen molar-refractivity contribution in [3.05, 3.63) is 80.8 Å². The summed E-state index contributed by atoms with van der Waals surface area (Å²) in [5, 5.41) is 3.23. The maximum Gasteiger partial charge on any atom is 0.273 e. The summed E-state index contributed by atoms with van der Waals surface area (Å²) in [6.45, 7) is 0. The first-order chi connectivity index (χ1) is 13.5. The molecule has 0 aliphatic heterocycles. The molecule has 0 spiro atoms. The van der Waals surface area contributed by atoms with Crippen LogP contribution in [0.1, 0.15) is 26.6 Å². The number of carbonyl (C=O) groups excluding carboxylic acids is 2. The summed E-state index contributed by atoms with van der Waals surface area (Å²) in [7, 11) is 1.44. The van der Waals surface area contributed by atoms with Crippen LogP contribution in [-0.2, 0) is 17.6 Å². The van der Waals surface area contributed by atoms with E-state index in [4.69, 9.17) is 16.3 Å². The van der Waals surface area contributed by atoms with Crippen LogP contribution in [0.5, 0.6) is 5.75 Å². The van der Waals surface area contributed by atoms with Gasteiger partial charge in [0.05, 0.1) is 29.8 Å². The standard InChI is InChI=1S/C20H18ClN3O3S/c1-27-17-10-14(21)7-8-16(17)20(26)24-23-18(25)11-15-12-28-19(22-15)9-13-5-3-2-4-6-13/h2-8,10,12H,9,11H2,1H3,(H,23,25)(H,24,26). The van der Waals surface area contributed by atoms with Crippen molar-refractivity contribution in [1.29, 1.82) is 0 Å². The van der Waals surface area contributed by atoms with E-state index in [9.17, 15) is 9.59 Å². The van der Waals surface area contributed by atoms with Crippen molar-refractivity contribution in [3.8, 4) is 5.75 Å². The Hall–Kier alpha value is -2.90. The summed E-state index contributed by atoms with van der Waals surface area (Å²) < 4.78 is 5.13. The minimum Gasteiger partial charge on any atom is -0.496 e. The molecule has 0 saturated carbocycles. The highest BCUT2D eigenvalue weighted by Crippen LogP contribution is 2.22. The van der Waals surface area contributed by atoms with E-state index in [1.54, 1.807) is 6.07 Å². The number of nitrogens with one attached hydrogen (secondary N) is 2. The van der Waals surface area contributed by atoms with Crippen LogP contribution < -0.4 is 15.6 Å². The molecule has 144 valence electrons. The Balaban J connectivity index is 1.53. The third kappa shape index (κ3) is 5.31. The number of halogens is 1. The lowest BCUT2D eigenvalue weighted by Gasteiger charge is -2.10. The summed E-state index contributed by atoms with van der Waals surface area (Å²) in [6.07, 6.45) is 0.795. The van der Waals surface area contributed by atoms with Gasteiger partial charge in [-0.25, -0.2) is 4.98 Å². The van der Waals surface area contributed by atoms with E-state index in [1.165, 1.54) is 30.6 Å². The number of methoxy groups -OCH3 is 1. The number of nitrogens with zero attached hydrogens (tertiary/aromatic N) is 1. The number of thiazole rings is 1. The van der Waals surface area contributed by atoms with Crippen molar-refractivity contribution in [2.75, 3.05) is 7.11 Å². The van der Waals surface area contributed by atoms with Crippen molar-refractivity contribution in [2.24, 2.45) is 0 Å². The molecular weight excluding hydrogens is 398 g/mol. The molecule has 0 atom stereocenters. The van der Waals surface area contributed by atoms with Crippen LogP contribution in [-0.4, -0.2) is 23.9 Å². The summed E-state index contributed by atoms with van der Waals surface area (Å²) in [6, 6.07) is 14.6. The first-order valence-electron chi connectivity index (χ1n) is 8.45. The summed E-state index contributed by atoms with van der Waals surface area (Å²) in [4.78, 5) is 28.8. The van der Waals surface area contributed by atoms with E-state index in [2.05, 4.69) is 15.8 Å². The SMILES string of the molecule is COc1cc(Cl)ccc1C(=O)NNC(=O)Cc1csc(Cc2ccccc2)n1. The van der Waals surface area contributed by atoms with Crippen LogP contribution >= 0.6 is 22.9 Å². The van der Waals surface area contributed by atoms with Gasteiger partial charge in [0.25, 0.3) is 5.91 Å². The Morgan fingerprint density at radius 3 is 2.68 bits per heavy atom. The molecule has 1 aromatic heterocycles. The molecule has 0 saturated heterocycles. The van der Waals surface area contributed by atoms with E-state index >= 15 is 0 Å². The van der Waals surface area contributed by atoms with Gasteiger partial charge in [0, 0.05) is 16.8 Å². The molecule has 3 aromatic rings. The Kier molecular flexibility index (Phi) is 6.62. The Bertz CT molecular complexity index is 976. The topological polar surface area (TPSA) is 80.3 Å². The minimum absolute atomic E-state index is 0.0727. The molecule has 28 heavy (non-hydrogen) atoms. The summed E-state index contributed by atoms with van der Waals surface area (Å²) >= 11 is 7.39. The average Bonchev–Trinajstić information content (AvgIpc) is 3.13. The number of ether oxygens (including phenoxy) is 1. The lowest BCUT2D eigenvalue weighted by molar-refractivity contribution is -0.121. The Morgan fingerprint density at radius 1 is 1.14 bits per heavy atom. The van der Waals surface area contributed by atoms with Gasteiger partial charge in [-0.3, -0.25) is 20.4 Å². The number of rotatable bonds is 6. The van der Waals surface area contributed by atoms with Crippen LogP contribution in [0, 0.1) is 0 Å². The second-order valence-corrected chi connectivity index (χ2v) is 7.30. The molecule has 3 rings (SSSR count). The van der Waals surface area contributed by atoms with Gasteiger partial charge >= 0.3 is 0 Å². The van der Waals surface area contributed by atoms with Gasteiger partial charge in [-0.05, 0) is 23.8 Å². The van der Waals surface area contributed by atoms with Crippen LogP contribution in [0.3, 0.4) is 0 Å². The lowest BCUT2D eigenvalue weighted by atomic mass is 10.2. The van der Waals surface area contributed by atoms with Gasteiger partial charge in [0.2, 0.25) is 5.91 Å². The fourth-order valence-electron chi connectivity index (χ4n) is 2.54. The van der Waals surface area contributed by atoms with Gasteiger partial charge in [-0.2, -0.15) is 0 Å². The molecule has 0 unspecified atom stereocenters. The highest BCUT2D eigenvalue weighted by atomic mass is 35.5. The zero-order valence-corrected chi connectivity index (χ0v) is 16.6. The second kappa shape index (κ2) is 9.34. The van der Waals surface area contributed by atoms with Gasteiger partial charge in [0.1, 0.15) is 5.75 Å². The minimum atomic E-state index is -0.495. The van der Waals surface area contributed by atoms with E-state index in [-0.39, 0.29) is 17.9 Å². The molecular formula is C20H18ClN3O3S. The molecule has 0 radical (unpaired) electrons. The molecule has 0 aliphatic carbocycles. The van der Waals surface area contributed by atoms with Crippen LogP contribution in [0.4, 0.5) is 0 Å². The van der Waals surface area contributed by atoms with Crippen molar-refractivity contribution < 1.29 is 14.3 Å². The number of aromatic nitrogens is 1. The van der Waals surface area contributed by atoms with E-state index in [0.717, 1.165) is 17.0 Å². The van der Waals surface area contributed by atoms with Crippen molar-refractivity contribution in [2.45, 2.75) is 12.8 Å². The number of hydrogen-bond acceptors (Lipinski definition) is 5. The van der Waals surface area contributed by atoms with E-state index in [1.807, 2.05) is 35.7 Å². The highest BCUT2D eigenvalue weighted by molar-refractivity contribution is 7.09. The number of carbonyl (C=O) groups is 2. The van der Waals surface area contributed by atoms with Crippen LogP contribution in [0.15, 0.2) is 53.9 Å². The van der Waals surface area contributed by atoms with Gasteiger partial charge < -0.3 is 4.74 Å². The Labute approximate surface area is 171 Å². The van der Waals surface area contributed by atoms with E-state index < -0.39 is 5.91 Å². The largest absolute Gasteiger partial charge is 0.496 e. The maximum atomic E-state index is 12.2. The second-order valence-electron chi connectivity index (χ2n) is 5.92. The highest BCUT2D eigenvalue weighted by Gasteiger charge is 2.14. The molecule has 8 heteroatoms.